The number of hydrogen-bond acceptors (Lipinski definition) is 4. The third-order valence-corrected chi connectivity index (χ3v) is 3.58. The van der Waals surface area contributed by atoms with Crippen molar-refractivity contribution in [1.29, 1.82) is 0 Å². The first-order valence-corrected chi connectivity index (χ1v) is 7.89. The maximum absolute atomic E-state index is 12.9. The van der Waals surface area contributed by atoms with Gasteiger partial charge in [0.2, 0.25) is 5.95 Å². The summed E-state index contributed by atoms with van der Waals surface area (Å²) in [6.45, 7) is 1.35. The van der Waals surface area contributed by atoms with E-state index >= 15 is 0 Å². The minimum Gasteiger partial charge on any atom is -0.366 e. The fourth-order valence-electron chi connectivity index (χ4n) is 2.30. The Morgan fingerprint density at radius 2 is 1.62 bits per heavy atom. The van der Waals surface area contributed by atoms with Gasteiger partial charge >= 0.3 is 0 Å². The van der Waals surface area contributed by atoms with E-state index in [1.54, 1.807) is 18.3 Å². The molecule has 0 fully saturated rings. The fourth-order valence-corrected chi connectivity index (χ4v) is 2.30. The lowest BCUT2D eigenvalue weighted by Gasteiger charge is -2.08. The molecule has 1 aromatic heterocycles. The maximum atomic E-state index is 12.9. The molecule has 5 heteroatoms. The van der Waals surface area contributed by atoms with E-state index in [-0.39, 0.29) is 5.82 Å². The van der Waals surface area contributed by atoms with Crippen molar-refractivity contribution in [2.75, 3.05) is 17.2 Å². The van der Waals surface area contributed by atoms with Gasteiger partial charge in [-0.25, -0.2) is 9.37 Å². The topological polar surface area (TPSA) is 49.8 Å². The molecule has 0 saturated carbocycles. The van der Waals surface area contributed by atoms with Crippen LogP contribution in [0.4, 0.5) is 16.2 Å². The lowest BCUT2D eigenvalue weighted by molar-refractivity contribution is 0.627. The van der Waals surface area contributed by atoms with Crippen LogP contribution >= 0.6 is 0 Å². The van der Waals surface area contributed by atoms with Crippen LogP contribution in [0.3, 0.4) is 0 Å². The van der Waals surface area contributed by atoms with Gasteiger partial charge in [0.15, 0.2) is 0 Å². The SMILES string of the molecule is Fc1ccc(CNc2ccnc(NCCc3ccccc3)n2)cc1. The van der Waals surface area contributed by atoms with Crippen LogP contribution in [0.15, 0.2) is 66.9 Å². The summed E-state index contributed by atoms with van der Waals surface area (Å²) in [5.74, 6) is 1.09. The molecule has 0 aliphatic carbocycles. The molecule has 3 rings (SSSR count). The first kappa shape index (κ1) is 15.9. The molecular formula is C19H19FN4. The van der Waals surface area contributed by atoms with E-state index in [0.717, 1.165) is 24.3 Å². The summed E-state index contributed by atoms with van der Waals surface area (Å²) >= 11 is 0. The van der Waals surface area contributed by atoms with Crippen molar-refractivity contribution in [2.45, 2.75) is 13.0 Å². The van der Waals surface area contributed by atoms with Crippen LogP contribution in [-0.2, 0) is 13.0 Å². The highest BCUT2D eigenvalue weighted by atomic mass is 19.1. The van der Waals surface area contributed by atoms with E-state index in [0.29, 0.717) is 12.5 Å². The Bertz CT molecular complexity index is 760. The van der Waals surface area contributed by atoms with Crippen molar-refractivity contribution in [3.63, 3.8) is 0 Å². The molecule has 0 amide bonds. The van der Waals surface area contributed by atoms with Crippen LogP contribution in [0, 0.1) is 5.82 Å². The minimum atomic E-state index is -0.231. The third kappa shape index (κ3) is 4.78. The zero-order chi connectivity index (χ0) is 16.6. The number of rotatable bonds is 7. The quantitative estimate of drug-likeness (QED) is 0.693. The number of hydrogen-bond donors (Lipinski definition) is 2. The smallest absolute Gasteiger partial charge is 0.224 e. The number of nitrogens with zero attached hydrogens (tertiary/aromatic N) is 2. The van der Waals surface area contributed by atoms with Crippen molar-refractivity contribution < 1.29 is 4.39 Å². The van der Waals surface area contributed by atoms with Gasteiger partial charge in [-0.05, 0) is 35.7 Å². The lowest BCUT2D eigenvalue weighted by Crippen LogP contribution is -2.09. The summed E-state index contributed by atoms with van der Waals surface area (Å²) in [6.07, 6.45) is 2.63. The molecule has 2 aromatic carbocycles. The maximum Gasteiger partial charge on any atom is 0.224 e. The van der Waals surface area contributed by atoms with Crippen molar-refractivity contribution >= 4 is 11.8 Å². The summed E-state index contributed by atoms with van der Waals surface area (Å²) in [7, 11) is 0. The van der Waals surface area contributed by atoms with Gasteiger partial charge in [0.25, 0.3) is 0 Å². The Morgan fingerprint density at radius 1 is 0.833 bits per heavy atom. The predicted octanol–water partition coefficient (Wildman–Crippen LogP) is 3.88. The molecule has 4 nitrogen and oxygen atoms in total. The van der Waals surface area contributed by atoms with Gasteiger partial charge < -0.3 is 10.6 Å². The van der Waals surface area contributed by atoms with E-state index in [1.807, 2.05) is 24.3 Å². The molecule has 0 spiro atoms. The molecule has 2 N–H and O–H groups in total. The van der Waals surface area contributed by atoms with Gasteiger partial charge in [-0.1, -0.05) is 42.5 Å². The van der Waals surface area contributed by atoms with Crippen molar-refractivity contribution in [3.8, 4) is 0 Å². The lowest BCUT2D eigenvalue weighted by atomic mass is 10.1. The average molecular weight is 322 g/mol. The van der Waals surface area contributed by atoms with Crippen LogP contribution < -0.4 is 10.6 Å². The number of anilines is 2. The second-order valence-corrected chi connectivity index (χ2v) is 5.41. The number of benzene rings is 2. The van der Waals surface area contributed by atoms with Crippen LogP contribution in [-0.4, -0.2) is 16.5 Å². The molecule has 0 saturated heterocycles. The second kappa shape index (κ2) is 8.06. The van der Waals surface area contributed by atoms with Gasteiger partial charge in [0.1, 0.15) is 11.6 Å². The van der Waals surface area contributed by atoms with E-state index in [2.05, 4.69) is 32.7 Å². The summed E-state index contributed by atoms with van der Waals surface area (Å²) in [5, 5.41) is 6.44. The molecule has 0 atom stereocenters. The highest BCUT2D eigenvalue weighted by Crippen LogP contribution is 2.09. The van der Waals surface area contributed by atoms with Crippen LogP contribution in [0.1, 0.15) is 11.1 Å². The molecule has 0 aliphatic rings. The zero-order valence-corrected chi connectivity index (χ0v) is 13.2. The van der Waals surface area contributed by atoms with Gasteiger partial charge in [-0.2, -0.15) is 4.98 Å². The number of halogens is 1. The monoisotopic (exact) mass is 322 g/mol. The summed E-state index contributed by atoms with van der Waals surface area (Å²) < 4.78 is 12.9. The van der Waals surface area contributed by atoms with E-state index < -0.39 is 0 Å². The molecule has 1 heterocycles. The Balaban J connectivity index is 1.51. The predicted molar refractivity (Wildman–Crippen MR) is 94.4 cm³/mol. The molecule has 0 radical (unpaired) electrons. The first-order chi connectivity index (χ1) is 11.8. The van der Waals surface area contributed by atoms with Crippen molar-refractivity contribution in [1.82, 2.24) is 9.97 Å². The van der Waals surface area contributed by atoms with E-state index in [4.69, 9.17) is 0 Å². The Hall–Kier alpha value is -2.95. The van der Waals surface area contributed by atoms with Crippen LogP contribution in [0.2, 0.25) is 0 Å². The van der Waals surface area contributed by atoms with Crippen molar-refractivity contribution in [3.05, 3.63) is 83.8 Å². The number of nitrogens with one attached hydrogen (secondary N) is 2. The molecule has 3 aromatic rings. The third-order valence-electron chi connectivity index (χ3n) is 3.58. The standard InChI is InChI=1S/C19H19FN4/c20-17-8-6-16(7-9-17)14-23-18-11-13-22-19(24-18)21-12-10-15-4-2-1-3-5-15/h1-9,11,13H,10,12,14H2,(H2,21,22,23,24). The van der Waals surface area contributed by atoms with E-state index in [1.165, 1.54) is 17.7 Å². The van der Waals surface area contributed by atoms with E-state index in [9.17, 15) is 4.39 Å². The Morgan fingerprint density at radius 3 is 2.42 bits per heavy atom. The van der Waals surface area contributed by atoms with Crippen LogP contribution in [0.5, 0.6) is 0 Å². The normalized spacial score (nSPS) is 10.4. The summed E-state index contributed by atoms with van der Waals surface area (Å²) in [4.78, 5) is 8.65. The molecule has 0 unspecified atom stereocenters. The zero-order valence-electron chi connectivity index (χ0n) is 13.2. The molecule has 0 bridgehead atoms. The van der Waals surface area contributed by atoms with Crippen LogP contribution in [0.25, 0.3) is 0 Å². The van der Waals surface area contributed by atoms with Gasteiger partial charge in [0, 0.05) is 19.3 Å². The summed E-state index contributed by atoms with van der Waals surface area (Å²) in [5.41, 5.74) is 2.27. The molecule has 122 valence electrons. The Labute approximate surface area is 140 Å². The van der Waals surface area contributed by atoms with Gasteiger partial charge in [-0.15, -0.1) is 0 Å². The fraction of sp³-hybridized carbons (Fsp3) is 0.158. The van der Waals surface area contributed by atoms with Crippen molar-refractivity contribution in [2.24, 2.45) is 0 Å². The molecule has 0 aliphatic heterocycles. The second-order valence-electron chi connectivity index (χ2n) is 5.41. The first-order valence-electron chi connectivity index (χ1n) is 7.89. The highest BCUT2D eigenvalue weighted by Gasteiger charge is 2.00. The largest absolute Gasteiger partial charge is 0.366 e. The minimum absolute atomic E-state index is 0.231. The van der Waals surface area contributed by atoms with Gasteiger partial charge in [0.05, 0.1) is 0 Å². The molecular weight excluding hydrogens is 303 g/mol. The highest BCUT2D eigenvalue weighted by molar-refractivity contribution is 5.40. The summed E-state index contributed by atoms with van der Waals surface area (Å²) in [6, 6.07) is 18.5. The van der Waals surface area contributed by atoms with Gasteiger partial charge in [-0.3, -0.25) is 0 Å². The Kier molecular flexibility index (Phi) is 5.35. The number of aromatic nitrogens is 2. The molecule has 24 heavy (non-hydrogen) atoms. The average Bonchev–Trinajstić information content (AvgIpc) is 2.63.